The van der Waals surface area contributed by atoms with Gasteiger partial charge in [-0.2, -0.15) is 0 Å². The molecular formula is C26H23N5S. The second-order valence-corrected chi connectivity index (χ2v) is 8.92. The van der Waals surface area contributed by atoms with Gasteiger partial charge in [0.2, 0.25) is 0 Å². The van der Waals surface area contributed by atoms with Gasteiger partial charge in [-0.3, -0.25) is 0 Å². The monoisotopic (exact) mass is 437 g/mol. The molecule has 3 aromatic carbocycles. The molecule has 0 saturated heterocycles. The van der Waals surface area contributed by atoms with Crippen LogP contribution in [0.3, 0.4) is 0 Å². The van der Waals surface area contributed by atoms with Crippen LogP contribution < -0.4 is 5.32 Å². The van der Waals surface area contributed by atoms with Crippen molar-refractivity contribution in [1.82, 2.24) is 20.2 Å². The van der Waals surface area contributed by atoms with Crippen LogP contribution in [0.2, 0.25) is 0 Å². The zero-order valence-electron chi connectivity index (χ0n) is 17.7. The van der Waals surface area contributed by atoms with Crippen molar-refractivity contribution in [3.05, 3.63) is 130 Å². The van der Waals surface area contributed by atoms with Gasteiger partial charge in [-0.15, -0.1) is 16.4 Å². The molecule has 0 amide bonds. The summed E-state index contributed by atoms with van der Waals surface area (Å²) in [5, 5.41) is 16.8. The molecule has 1 atom stereocenters. The van der Waals surface area contributed by atoms with Crippen molar-refractivity contribution in [2.45, 2.75) is 19.0 Å². The third kappa shape index (κ3) is 4.18. The molecule has 32 heavy (non-hydrogen) atoms. The van der Waals surface area contributed by atoms with E-state index in [1.54, 1.807) is 11.3 Å². The highest BCUT2D eigenvalue weighted by Crippen LogP contribution is 2.34. The van der Waals surface area contributed by atoms with E-state index < -0.39 is 0 Å². The van der Waals surface area contributed by atoms with Crippen molar-refractivity contribution in [3.63, 3.8) is 0 Å². The van der Waals surface area contributed by atoms with Crippen LogP contribution in [0, 0.1) is 6.92 Å². The predicted octanol–water partition coefficient (Wildman–Crippen LogP) is 5.88. The molecule has 0 fully saturated rings. The Labute approximate surface area is 191 Å². The fourth-order valence-corrected chi connectivity index (χ4v) is 4.82. The van der Waals surface area contributed by atoms with E-state index in [1.165, 1.54) is 9.75 Å². The first-order valence-corrected chi connectivity index (χ1v) is 11.4. The molecule has 5 aromatic rings. The lowest BCUT2D eigenvalue weighted by atomic mass is 9.98. The average molecular weight is 438 g/mol. The third-order valence-corrected chi connectivity index (χ3v) is 6.45. The number of nitrogens with zero attached hydrogens (tertiary/aromatic N) is 4. The van der Waals surface area contributed by atoms with E-state index in [1.807, 2.05) is 35.0 Å². The minimum atomic E-state index is -0.180. The SMILES string of the molecule is Cc1ccc(C(Nc2ccccc2)c2nnnn2C(c2ccccc2)c2ccccc2)s1. The number of aromatic nitrogens is 4. The molecule has 0 saturated carbocycles. The van der Waals surface area contributed by atoms with Crippen molar-refractivity contribution in [2.24, 2.45) is 0 Å². The Morgan fingerprint density at radius 3 is 1.91 bits per heavy atom. The largest absolute Gasteiger partial charge is 0.371 e. The summed E-state index contributed by atoms with van der Waals surface area (Å²) >= 11 is 1.75. The molecule has 2 aromatic heterocycles. The van der Waals surface area contributed by atoms with Crippen LogP contribution in [-0.4, -0.2) is 20.2 Å². The van der Waals surface area contributed by atoms with Crippen LogP contribution in [0.1, 0.15) is 38.8 Å². The maximum Gasteiger partial charge on any atom is 0.180 e. The smallest absolute Gasteiger partial charge is 0.180 e. The van der Waals surface area contributed by atoms with E-state index in [-0.39, 0.29) is 12.1 Å². The summed E-state index contributed by atoms with van der Waals surface area (Å²) in [6, 6.07) is 34.9. The lowest BCUT2D eigenvalue weighted by Gasteiger charge is -2.23. The number of para-hydroxylation sites is 1. The minimum Gasteiger partial charge on any atom is -0.371 e. The Kier molecular flexibility index (Phi) is 5.77. The molecule has 0 aliphatic heterocycles. The van der Waals surface area contributed by atoms with Gasteiger partial charge in [0.1, 0.15) is 12.1 Å². The number of hydrogen-bond acceptors (Lipinski definition) is 5. The Bertz CT molecular complexity index is 1230. The Balaban J connectivity index is 1.64. The average Bonchev–Trinajstić information content (AvgIpc) is 3.49. The molecule has 0 aliphatic rings. The van der Waals surface area contributed by atoms with Gasteiger partial charge in [0.25, 0.3) is 0 Å². The number of anilines is 1. The van der Waals surface area contributed by atoms with E-state index in [4.69, 9.17) is 0 Å². The van der Waals surface area contributed by atoms with Gasteiger partial charge >= 0.3 is 0 Å². The molecule has 0 bridgehead atoms. The van der Waals surface area contributed by atoms with E-state index in [9.17, 15) is 0 Å². The Morgan fingerprint density at radius 1 is 0.750 bits per heavy atom. The topological polar surface area (TPSA) is 55.6 Å². The molecule has 2 heterocycles. The predicted molar refractivity (Wildman–Crippen MR) is 129 cm³/mol. The summed E-state index contributed by atoms with van der Waals surface area (Å²) in [5.74, 6) is 0.772. The van der Waals surface area contributed by atoms with Gasteiger partial charge < -0.3 is 5.32 Å². The van der Waals surface area contributed by atoms with E-state index in [0.29, 0.717) is 0 Å². The number of tetrazole rings is 1. The fourth-order valence-electron chi connectivity index (χ4n) is 3.89. The molecular weight excluding hydrogens is 414 g/mol. The van der Waals surface area contributed by atoms with Crippen molar-refractivity contribution in [2.75, 3.05) is 5.32 Å². The maximum absolute atomic E-state index is 4.52. The third-order valence-electron chi connectivity index (χ3n) is 5.38. The summed E-state index contributed by atoms with van der Waals surface area (Å²) in [6.07, 6.45) is 0. The van der Waals surface area contributed by atoms with Crippen molar-refractivity contribution >= 4 is 17.0 Å². The highest BCUT2D eigenvalue weighted by Gasteiger charge is 2.28. The van der Waals surface area contributed by atoms with Gasteiger partial charge in [0.05, 0.1) is 0 Å². The van der Waals surface area contributed by atoms with E-state index in [2.05, 4.69) is 101 Å². The lowest BCUT2D eigenvalue weighted by molar-refractivity contribution is 0.541. The van der Waals surface area contributed by atoms with Gasteiger partial charge in [0, 0.05) is 15.4 Å². The van der Waals surface area contributed by atoms with Crippen LogP contribution in [0.4, 0.5) is 5.69 Å². The molecule has 0 radical (unpaired) electrons. The summed E-state index contributed by atoms with van der Waals surface area (Å²) in [5.41, 5.74) is 3.29. The van der Waals surface area contributed by atoms with Crippen molar-refractivity contribution < 1.29 is 0 Å². The molecule has 1 N–H and O–H groups in total. The zero-order valence-corrected chi connectivity index (χ0v) is 18.5. The summed E-state index contributed by atoms with van der Waals surface area (Å²) in [6.45, 7) is 2.12. The van der Waals surface area contributed by atoms with Gasteiger partial charge in [-0.25, -0.2) is 4.68 Å². The van der Waals surface area contributed by atoms with Crippen LogP contribution in [-0.2, 0) is 0 Å². The molecule has 158 valence electrons. The Hall–Kier alpha value is -3.77. The number of hydrogen-bond donors (Lipinski definition) is 1. The zero-order chi connectivity index (χ0) is 21.8. The number of benzene rings is 3. The summed E-state index contributed by atoms with van der Waals surface area (Å²) in [4.78, 5) is 2.42. The number of rotatable bonds is 7. The first kappa shape index (κ1) is 20.2. The van der Waals surface area contributed by atoms with Crippen molar-refractivity contribution in [1.29, 1.82) is 0 Å². The summed E-state index contributed by atoms with van der Waals surface area (Å²) in [7, 11) is 0. The number of thiophene rings is 1. The molecule has 1 unspecified atom stereocenters. The second kappa shape index (κ2) is 9.16. The van der Waals surface area contributed by atoms with Gasteiger partial charge in [-0.1, -0.05) is 78.9 Å². The highest BCUT2D eigenvalue weighted by molar-refractivity contribution is 7.12. The quantitative estimate of drug-likeness (QED) is 0.345. The number of aryl methyl sites for hydroxylation is 1. The van der Waals surface area contributed by atoms with Crippen molar-refractivity contribution in [3.8, 4) is 0 Å². The molecule has 0 aliphatic carbocycles. The standard InChI is InChI=1S/C26H23N5S/c1-19-17-18-23(32-19)24(27-22-15-9-4-10-16-22)26-28-29-30-31(26)25(20-11-5-2-6-12-20)21-13-7-3-8-14-21/h2-18,24-25,27H,1H3. The van der Waals surface area contributed by atoms with Crippen LogP contribution in [0.15, 0.2) is 103 Å². The molecule has 6 heteroatoms. The normalized spacial score (nSPS) is 12.1. The molecule has 5 rings (SSSR count). The second-order valence-electron chi connectivity index (χ2n) is 7.60. The first-order valence-electron chi connectivity index (χ1n) is 10.5. The van der Waals surface area contributed by atoms with Crippen LogP contribution in [0.25, 0.3) is 0 Å². The van der Waals surface area contributed by atoms with E-state index >= 15 is 0 Å². The summed E-state index contributed by atoms with van der Waals surface area (Å²) < 4.78 is 1.94. The minimum absolute atomic E-state index is 0.136. The number of nitrogens with one attached hydrogen (secondary N) is 1. The maximum atomic E-state index is 4.52. The van der Waals surface area contributed by atoms with Gasteiger partial charge in [0.15, 0.2) is 5.82 Å². The molecule has 0 spiro atoms. The highest BCUT2D eigenvalue weighted by atomic mass is 32.1. The van der Waals surface area contributed by atoms with Gasteiger partial charge in [-0.05, 0) is 52.7 Å². The van der Waals surface area contributed by atoms with E-state index in [0.717, 1.165) is 22.6 Å². The van der Waals surface area contributed by atoms with Crippen LogP contribution in [0.5, 0.6) is 0 Å². The van der Waals surface area contributed by atoms with Crippen LogP contribution >= 0.6 is 11.3 Å². The molecule has 5 nitrogen and oxygen atoms in total. The Morgan fingerprint density at radius 2 is 1.34 bits per heavy atom. The first-order chi connectivity index (χ1) is 15.8. The fraction of sp³-hybridized carbons (Fsp3) is 0.115. The lowest BCUT2D eigenvalue weighted by Crippen LogP contribution is -2.22.